The van der Waals surface area contributed by atoms with Crippen molar-refractivity contribution >= 4 is 5.97 Å². The maximum Gasteiger partial charge on any atom is 0.384 e. The number of hydrogen-bond donors (Lipinski definition) is 1. The highest BCUT2D eigenvalue weighted by atomic mass is 16.5. The summed E-state index contributed by atoms with van der Waals surface area (Å²) in [5.74, 6) is 4.44. The molecule has 1 rings (SSSR count). The van der Waals surface area contributed by atoms with Crippen molar-refractivity contribution in [2.45, 2.75) is 32.3 Å². The zero-order valence-electron chi connectivity index (χ0n) is 10.6. The summed E-state index contributed by atoms with van der Waals surface area (Å²) in [6, 6.07) is 9.96. The largest absolute Gasteiger partial charge is 0.456 e. The topological polar surface area (TPSA) is 46.5 Å². The monoisotopic (exact) mass is 246 g/mol. The normalized spacial score (nSPS) is 11.2. The van der Waals surface area contributed by atoms with E-state index in [4.69, 9.17) is 0 Å². The zero-order valence-corrected chi connectivity index (χ0v) is 10.6. The molecule has 96 valence electrons. The number of rotatable bonds is 5. The number of aliphatic hydroxyl groups is 1. The Bertz CT molecular complexity index is 414. The highest BCUT2D eigenvalue weighted by molar-refractivity contribution is 5.88. The summed E-state index contributed by atoms with van der Waals surface area (Å²) in [6.45, 7) is 2.05. The van der Waals surface area contributed by atoms with Crippen LogP contribution in [0.25, 0.3) is 0 Å². The summed E-state index contributed by atoms with van der Waals surface area (Å²) in [7, 11) is 0. The van der Waals surface area contributed by atoms with Crippen LogP contribution < -0.4 is 0 Å². The van der Waals surface area contributed by atoms with Gasteiger partial charge in [-0.15, -0.1) is 0 Å². The van der Waals surface area contributed by atoms with Gasteiger partial charge in [0.15, 0.2) is 0 Å². The second kappa shape index (κ2) is 8.32. The molecule has 0 fully saturated rings. The van der Waals surface area contributed by atoms with Crippen LogP contribution in [0, 0.1) is 11.8 Å². The van der Waals surface area contributed by atoms with Gasteiger partial charge in [-0.05, 0) is 25.3 Å². The maximum atomic E-state index is 10.9. The Morgan fingerprint density at radius 1 is 1.39 bits per heavy atom. The van der Waals surface area contributed by atoms with E-state index in [0.29, 0.717) is 19.4 Å². The van der Waals surface area contributed by atoms with Crippen molar-refractivity contribution in [1.29, 1.82) is 0 Å². The van der Waals surface area contributed by atoms with Crippen LogP contribution in [0.4, 0.5) is 0 Å². The van der Waals surface area contributed by atoms with Crippen LogP contribution in [0.5, 0.6) is 0 Å². The molecule has 0 aliphatic heterocycles. The second-order valence-corrected chi connectivity index (χ2v) is 3.90. The summed E-state index contributed by atoms with van der Waals surface area (Å²) >= 11 is 0. The van der Waals surface area contributed by atoms with Crippen LogP contribution in [0.3, 0.4) is 0 Å². The van der Waals surface area contributed by atoms with E-state index in [1.54, 1.807) is 6.92 Å². The Labute approximate surface area is 108 Å². The average molecular weight is 246 g/mol. The van der Waals surface area contributed by atoms with Crippen LogP contribution in [0.1, 0.15) is 25.3 Å². The van der Waals surface area contributed by atoms with Gasteiger partial charge in [-0.2, -0.15) is 0 Å². The fourth-order valence-electron chi connectivity index (χ4n) is 1.49. The first-order valence-corrected chi connectivity index (χ1v) is 6.10. The number of hydrogen-bond acceptors (Lipinski definition) is 3. The van der Waals surface area contributed by atoms with Gasteiger partial charge in [-0.25, -0.2) is 4.79 Å². The lowest BCUT2D eigenvalue weighted by atomic mass is 10.1. The number of esters is 1. The standard InChI is InChI=1S/C15H18O3/c1-2-18-15(17)10-6-9-14(16)12-11-13-7-4-3-5-8-13/h3-5,7-8,14,16H,2,9,11-12H2,1H3/t14-/m1/s1. The summed E-state index contributed by atoms with van der Waals surface area (Å²) in [5, 5.41) is 9.70. The van der Waals surface area contributed by atoms with E-state index in [2.05, 4.69) is 16.6 Å². The van der Waals surface area contributed by atoms with Crippen molar-refractivity contribution in [2.75, 3.05) is 6.61 Å². The molecule has 0 aliphatic carbocycles. The van der Waals surface area contributed by atoms with Crippen LogP contribution in [-0.4, -0.2) is 23.8 Å². The summed E-state index contributed by atoms with van der Waals surface area (Å²) < 4.78 is 4.66. The van der Waals surface area contributed by atoms with Crippen LogP contribution in [-0.2, 0) is 16.0 Å². The van der Waals surface area contributed by atoms with E-state index in [1.807, 2.05) is 30.3 Å². The molecule has 0 heterocycles. The number of ether oxygens (including phenoxy) is 1. The minimum absolute atomic E-state index is 0.297. The van der Waals surface area contributed by atoms with Gasteiger partial charge in [0, 0.05) is 12.3 Å². The molecular formula is C15H18O3. The van der Waals surface area contributed by atoms with Crippen molar-refractivity contribution in [3.63, 3.8) is 0 Å². The Kier molecular flexibility index (Phi) is 6.60. The molecule has 0 aromatic heterocycles. The lowest BCUT2D eigenvalue weighted by Gasteiger charge is -2.06. The van der Waals surface area contributed by atoms with Gasteiger partial charge in [0.2, 0.25) is 0 Å². The van der Waals surface area contributed by atoms with Gasteiger partial charge in [0.05, 0.1) is 12.7 Å². The van der Waals surface area contributed by atoms with Gasteiger partial charge in [0.25, 0.3) is 0 Å². The van der Waals surface area contributed by atoms with Crippen molar-refractivity contribution in [3.05, 3.63) is 35.9 Å². The van der Waals surface area contributed by atoms with E-state index < -0.39 is 12.1 Å². The number of aryl methyl sites for hydroxylation is 1. The van der Waals surface area contributed by atoms with Crippen molar-refractivity contribution in [2.24, 2.45) is 0 Å². The summed E-state index contributed by atoms with van der Waals surface area (Å²) in [4.78, 5) is 10.9. The fraction of sp³-hybridized carbons (Fsp3) is 0.400. The molecule has 0 spiro atoms. The first-order chi connectivity index (χ1) is 8.72. The number of carbonyl (C=O) groups excluding carboxylic acids is 1. The molecule has 0 radical (unpaired) electrons. The third-order valence-electron chi connectivity index (χ3n) is 2.41. The Morgan fingerprint density at radius 2 is 2.11 bits per heavy atom. The second-order valence-electron chi connectivity index (χ2n) is 3.90. The van der Waals surface area contributed by atoms with Gasteiger partial charge in [0.1, 0.15) is 0 Å². The van der Waals surface area contributed by atoms with Crippen LogP contribution in [0.15, 0.2) is 30.3 Å². The fourth-order valence-corrected chi connectivity index (χ4v) is 1.49. The third kappa shape index (κ3) is 6.07. The molecule has 0 amide bonds. The maximum absolute atomic E-state index is 10.9. The highest BCUT2D eigenvalue weighted by Crippen LogP contribution is 2.06. The van der Waals surface area contributed by atoms with Crippen molar-refractivity contribution in [3.8, 4) is 11.8 Å². The molecule has 0 saturated heterocycles. The molecule has 0 saturated carbocycles. The van der Waals surface area contributed by atoms with E-state index in [9.17, 15) is 9.90 Å². The molecule has 0 bridgehead atoms. The molecule has 1 aromatic carbocycles. The summed E-state index contributed by atoms with van der Waals surface area (Å²) in [6.07, 6.45) is 1.24. The zero-order chi connectivity index (χ0) is 13.2. The van der Waals surface area contributed by atoms with Gasteiger partial charge in [-0.1, -0.05) is 36.3 Å². The average Bonchev–Trinajstić information content (AvgIpc) is 2.38. The molecule has 1 aromatic rings. The minimum atomic E-state index is -0.534. The predicted molar refractivity (Wildman–Crippen MR) is 69.8 cm³/mol. The van der Waals surface area contributed by atoms with E-state index >= 15 is 0 Å². The number of aliphatic hydroxyl groups excluding tert-OH is 1. The molecule has 1 N–H and O–H groups in total. The first kappa shape index (κ1) is 14.3. The third-order valence-corrected chi connectivity index (χ3v) is 2.41. The smallest absolute Gasteiger partial charge is 0.384 e. The first-order valence-electron chi connectivity index (χ1n) is 6.10. The summed E-state index contributed by atoms with van der Waals surface area (Å²) in [5.41, 5.74) is 1.19. The molecule has 1 atom stereocenters. The van der Waals surface area contributed by atoms with Crippen LogP contribution >= 0.6 is 0 Å². The number of carbonyl (C=O) groups is 1. The molecule has 0 unspecified atom stereocenters. The quantitative estimate of drug-likeness (QED) is 0.490. The lowest BCUT2D eigenvalue weighted by Crippen LogP contribution is -2.07. The Hall–Kier alpha value is -1.79. The van der Waals surface area contributed by atoms with Crippen molar-refractivity contribution in [1.82, 2.24) is 0 Å². The van der Waals surface area contributed by atoms with E-state index in [-0.39, 0.29) is 0 Å². The Balaban J connectivity index is 2.25. The van der Waals surface area contributed by atoms with Gasteiger partial charge in [-0.3, -0.25) is 0 Å². The molecule has 18 heavy (non-hydrogen) atoms. The molecular weight excluding hydrogens is 228 g/mol. The van der Waals surface area contributed by atoms with Gasteiger partial charge < -0.3 is 9.84 Å². The Morgan fingerprint density at radius 3 is 2.78 bits per heavy atom. The molecule has 3 nitrogen and oxygen atoms in total. The predicted octanol–water partition coefficient (Wildman–Crippen LogP) is 1.94. The van der Waals surface area contributed by atoms with Crippen molar-refractivity contribution < 1.29 is 14.6 Å². The number of benzene rings is 1. The lowest BCUT2D eigenvalue weighted by molar-refractivity contribution is -0.136. The molecule has 3 heteroatoms. The van der Waals surface area contributed by atoms with Gasteiger partial charge >= 0.3 is 5.97 Å². The minimum Gasteiger partial charge on any atom is -0.456 e. The highest BCUT2D eigenvalue weighted by Gasteiger charge is 2.02. The van der Waals surface area contributed by atoms with Crippen LogP contribution in [0.2, 0.25) is 0 Å². The molecule has 0 aliphatic rings. The van der Waals surface area contributed by atoms with E-state index in [0.717, 1.165) is 6.42 Å². The van der Waals surface area contributed by atoms with E-state index in [1.165, 1.54) is 5.56 Å². The SMILES string of the molecule is CCOC(=O)C#CC[C@@H](O)CCc1ccccc1.